The molecule has 0 bridgehead atoms. The van der Waals surface area contributed by atoms with Gasteiger partial charge in [-0.05, 0) is 30.8 Å². The molecule has 0 unspecified atom stereocenters. The minimum absolute atomic E-state index is 0.149. The molecule has 0 aliphatic heterocycles. The van der Waals surface area contributed by atoms with E-state index in [4.69, 9.17) is 16.0 Å². The van der Waals surface area contributed by atoms with Crippen LogP contribution in [-0.4, -0.2) is 21.9 Å². The van der Waals surface area contributed by atoms with Crippen LogP contribution in [0.1, 0.15) is 11.4 Å². The molecule has 3 aromatic heterocycles. The highest BCUT2D eigenvalue weighted by Crippen LogP contribution is 2.30. The number of aromatic amines is 1. The van der Waals surface area contributed by atoms with Crippen molar-refractivity contribution in [2.24, 2.45) is 0 Å². The second-order valence-corrected chi connectivity index (χ2v) is 7.35. The molecular formula is C19H16ClN3O2S. The predicted octanol–water partition coefficient (Wildman–Crippen LogP) is 4.53. The SMILES string of the molecule is CN(Cc1nc2scc(-c3ccco3)c2c(=O)[nH]1)Cc1ccccc1Cl. The molecular weight excluding hydrogens is 370 g/mol. The topological polar surface area (TPSA) is 62.1 Å². The fourth-order valence-corrected chi connectivity index (χ4v) is 4.05. The highest BCUT2D eigenvalue weighted by Gasteiger charge is 2.15. The normalized spacial score (nSPS) is 11.5. The van der Waals surface area contributed by atoms with Crippen molar-refractivity contribution in [3.63, 3.8) is 0 Å². The molecule has 7 heteroatoms. The van der Waals surface area contributed by atoms with Crippen LogP contribution in [0.2, 0.25) is 5.02 Å². The summed E-state index contributed by atoms with van der Waals surface area (Å²) in [7, 11) is 1.97. The minimum atomic E-state index is -0.149. The number of aromatic nitrogens is 2. The fraction of sp³-hybridized carbons (Fsp3) is 0.158. The van der Waals surface area contributed by atoms with Crippen molar-refractivity contribution in [3.05, 3.63) is 74.8 Å². The summed E-state index contributed by atoms with van der Waals surface area (Å²) >= 11 is 7.66. The molecule has 0 aliphatic carbocycles. The molecule has 132 valence electrons. The zero-order valence-corrected chi connectivity index (χ0v) is 15.6. The van der Waals surface area contributed by atoms with Crippen LogP contribution in [-0.2, 0) is 13.1 Å². The Morgan fingerprint density at radius 1 is 1.23 bits per heavy atom. The number of rotatable bonds is 5. The maximum Gasteiger partial charge on any atom is 0.260 e. The molecule has 0 spiro atoms. The second-order valence-electron chi connectivity index (χ2n) is 6.08. The van der Waals surface area contributed by atoms with Crippen molar-refractivity contribution >= 4 is 33.2 Å². The van der Waals surface area contributed by atoms with E-state index in [9.17, 15) is 4.79 Å². The molecule has 0 saturated carbocycles. The van der Waals surface area contributed by atoms with Gasteiger partial charge in [-0.1, -0.05) is 29.8 Å². The van der Waals surface area contributed by atoms with Gasteiger partial charge in [0.1, 0.15) is 16.4 Å². The number of furan rings is 1. The largest absolute Gasteiger partial charge is 0.464 e. The number of hydrogen-bond acceptors (Lipinski definition) is 5. The number of nitrogens with zero attached hydrogens (tertiary/aromatic N) is 2. The van der Waals surface area contributed by atoms with Crippen LogP contribution in [0.3, 0.4) is 0 Å². The first-order valence-electron chi connectivity index (χ1n) is 8.08. The molecule has 0 atom stereocenters. The quantitative estimate of drug-likeness (QED) is 0.548. The van der Waals surface area contributed by atoms with Gasteiger partial charge in [0, 0.05) is 22.5 Å². The van der Waals surface area contributed by atoms with Gasteiger partial charge in [-0.2, -0.15) is 0 Å². The molecule has 4 rings (SSSR count). The molecule has 4 aromatic rings. The molecule has 0 saturated heterocycles. The third kappa shape index (κ3) is 3.31. The van der Waals surface area contributed by atoms with Crippen molar-refractivity contribution in [1.29, 1.82) is 0 Å². The number of fused-ring (bicyclic) bond motifs is 1. The van der Waals surface area contributed by atoms with E-state index in [1.807, 2.05) is 42.8 Å². The van der Waals surface area contributed by atoms with Crippen molar-refractivity contribution < 1.29 is 4.42 Å². The first kappa shape index (κ1) is 17.0. The number of hydrogen-bond donors (Lipinski definition) is 1. The van der Waals surface area contributed by atoms with Gasteiger partial charge in [-0.15, -0.1) is 11.3 Å². The Balaban J connectivity index is 1.60. The Bertz CT molecular complexity index is 1100. The van der Waals surface area contributed by atoms with E-state index in [0.29, 0.717) is 34.9 Å². The van der Waals surface area contributed by atoms with Gasteiger partial charge in [0.25, 0.3) is 5.56 Å². The van der Waals surface area contributed by atoms with E-state index in [1.165, 1.54) is 11.3 Å². The summed E-state index contributed by atoms with van der Waals surface area (Å²) in [5, 5.41) is 3.21. The summed E-state index contributed by atoms with van der Waals surface area (Å²) < 4.78 is 5.42. The summed E-state index contributed by atoms with van der Waals surface area (Å²) in [4.78, 5) is 22.9. The fourth-order valence-electron chi connectivity index (χ4n) is 2.91. The number of halogens is 1. The van der Waals surface area contributed by atoms with Crippen LogP contribution in [0.15, 0.2) is 57.3 Å². The first-order valence-corrected chi connectivity index (χ1v) is 9.34. The Hall–Kier alpha value is -2.41. The Morgan fingerprint density at radius 3 is 2.85 bits per heavy atom. The molecule has 1 aromatic carbocycles. The lowest BCUT2D eigenvalue weighted by Gasteiger charge is -2.16. The molecule has 1 N–H and O–H groups in total. The van der Waals surface area contributed by atoms with Crippen molar-refractivity contribution in [3.8, 4) is 11.3 Å². The number of H-pyrrole nitrogens is 1. The summed E-state index contributed by atoms with van der Waals surface area (Å²) in [5.41, 5.74) is 1.67. The van der Waals surface area contributed by atoms with E-state index in [2.05, 4.69) is 14.9 Å². The summed E-state index contributed by atoms with van der Waals surface area (Å²) in [6, 6.07) is 11.4. The summed E-state index contributed by atoms with van der Waals surface area (Å²) in [6.07, 6.45) is 1.60. The zero-order chi connectivity index (χ0) is 18.1. The number of benzene rings is 1. The zero-order valence-electron chi connectivity index (χ0n) is 14.0. The van der Waals surface area contributed by atoms with E-state index in [-0.39, 0.29) is 5.56 Å². The summed E-state index contributed by atoms with van der Waals surface area (Å²) in [6.45, 7) is 1.19. The van der Waals surface area contributed by atoms with Crippen LogP contribution in [0.4, 0.5) is 0 Å². The van der Waals surface area contributed by atoms with Crippen LogP contribution in [0, 0.1) is 0 Å². The third-order valence-corrected chi connectivity index (χ3v) is 5.34. The Kier molecular flexibility index (Phi) is 4.63. The van der Waals surface area contributed by atoms with Crippen LogP contribution in [0.25, 0.3) is 21.5 Å². The standard InChI is InChI=1S/C19H16ClN3O2S/c1-23(9-12-5-2-3-6-14(12)20)10-16-21-18(24)17-13(11-26-19(17)22-16)15-7-4-8-25-15/h2-8,11H,9-10H2,1H3,(H,21,22,24). The Labute approximate surface area is 158 Å². The van der Waals surface area contributed by atoms with E-state index in [1.54, 1.807) is 12.3 Å². The number of nitrogens with one attached hydrogen (secondary N) is 1. The molecule has 0 fully saturated rings. The van der Waals surface area contributed by atoms with Crippen molar-refractivity contribution in [2.45, 2.75) is 13.1 Å². The molecule has 0 aliphatic rings. The van der Waals surface area contributed by atoms with Crippen molar-refractivity contribution in [2.75, 3.05) is 7.05 Å². The highest BCUT2D eigenvalue weighted by molar-refractivity contribution is 7.17. The average molecular weight is 386 g/mol. The number of thiophene rings is 1. The van der Waals surface area contributed by atoms with E-state index < -0.39 is 0 Å². The lowest BCUT2D eigenvalue weighted by atomic mass is 10.2. The lowest BCUT2D eigenvalue weighted by molar-refractivity contribution is 0.311. The van der Waals surface area contributed by atoms with Crippen LogP contribution in [0.5, 0.6) is 0 Å². The maximum atomic E-state index is 12.6. The van der Waals surface area contributed by atoms with E-state index in [0.717, 1.165) is 16.1 Å². The van der Waals surface area contributed by atoms with Gasteiger partial charge >= 0.3 is 0 Å². The molecule has 3 heterocycles. The summed E-state index contributed by atoms with van der Waals surface area (Å²) in [5.74, 6) is 1.30. The third-order valence-electron chi connectivity index (χ3n) is 4.10. The second kappa shape index (κ2) is 7.07. The lowest BCUT2D eigenvalue weighted by Crippen LogP contribution is -2.21. The molecule has 5 nitrogen and oxygen atoms in total. The molecule has 0 radical (unpaired) electrons. The smallest absolute Gasteiger partial charge is 0.260 e. The highest BCUT2D eigenvalue weighted by atomic mass is 35.5. The molecule has 0 amide bonds. The van der Waals surface area contributed by atoms with Gasteiger partial charge in [0.15, 0.2) is 0 Å². The van der Waals surface area contributed by atoms with Gasteiger partial charge in [0.05, 0.1) is 18.2 Å². The van der Waals surface area contributed by atoms with Gasteiger partial charge in [-0.3, -0.25) is 9.69 Å². The van der Waals surface area contributed by atoms with Crippen LogP contribution < -0.4 is 5.56 Å². The minimum Gasteiger partial charge on any atom is -0.464 e. The first-order chi connectivity index (χ1) is 12.6. The van der Waals surface area contributed by atoms with Gasteiger partial charge in [-0.25, -0.2) is 4.98 Å². The predicted molar refractivity (Wildman–Crippen MR) is 105 cm³/mol. The Morgan fingerprint density at radius 2 is 2.08 bits per heavy atom. The average Bonchev–Trinajstić information content (AvgIpc) is 3.26. The maximum absolute atomic E-state index is 12.6. The molecule has 26 heavy (non-hydrogen) atoms. The van der Waals surface area contributed by atoms with Crippen molar-refractivity contribution in [1.82, 2.24) is 14.9 Å². The van der Waals surface area contributed by atoms with Gasteiger partial charge in [0.2, 0.25) is 0 Å². The van der Waals surface area contributed by atoms with Crippen LogP contribution >= 0.6 is 22.9 Å². The van der Waals surface area contributed by atoms with E-state index >= 15 is 0 Å². The monoisotopic (exact) mass is 385 g/mol. The van der Waals surface area contributed by atoms with Gasteiger partial charge < -0.3 is 9.40 Å².